The molecule has 3 aromatic rings. The number of fused-ring (bicyclic) bond motifs is 1. The van der Waals surface area contributed by atoms with E-state index in [4.69, 9.17) is 4.74 Å². The molecule has 6 heteroatoms. The Balaban J connectivity index is 1.66. The van der Waals surface area contributed by atoms with Crippen molar-refractivity contribution in [1.29, 1.82) is 0 Å². The molecule has 0 aliphatic heterocycles. The van der Waals surface area contributed by atoms with E-state index in [0.717, 1.165) is 4.57 Å². The van der Waals surface area contributed by atoms with Crippen LogP contribution in [-0.4, -0.2) is 27.9 Å². The SMILES string of the molecule is O=C(Cn1cnc2ccccc2c1=O)OCC(=O)c1ccccc1. The highest BCUT2D eigenvalue weighted by molar-refractivity contribution is 5.97. The van der Waals surface area contributed by atoms with Gasteiger partial charge in [0.05, 0.1) is 17.2 Å². The quantitative estimate of drug-likeness (QED) is 0.529. The van der Waals surface area contributed by atoms with Gasteiger partial charge in [-0.3, -0.25) is 19.0 Å². The lowest BCUT2D eigenvalue weighted by atomic mass is 10.1. The first kappa shape index (κ1) is 15.6. The fourth-order valence-electron chi connectivity index (χ4n) is 2.26. The Hall–Kier alpha value is -3.28. The van der Waals surface area contributed by atoms with Crippen molar-refractivity contribution < 1.29 is 14.3 Å². The third-order valence-electron chi connectivity index (χ3n) is 3.49. The average Bonchev–Trinajstić information content (AvgIpc) is 2.63. The molecule has 0 bridgehead atoms. The van der Waals surface area contributed by atoms with E-state index >= 15 is 0 Å². The number of rotatable bonds is 5. The van der Waals surface area contributed by atoms with Crippen LogP contribution in [0.5, 0.6) is 0 Å². The monoisotopic (exact) mass is 322 g/mol. The molecule has 6 nitrogen and oxygen atoms in total. The lowest BCUT2D eigenvalue weighted by Crippen LogP contribution is -2.26. The molecule has 120 valence electrons. The van der Waals surface area contributed by atoms with Crippen molar-refractivity contribution in [1.82, 2.24) is 9.55 Å². The topological polar surface area (TPSA) is 78.3 Å². The van der Waals surface area contributed by atoms with Crippen LogP contribution in [0.2, 0.25) is 0 Å². The Kier molecular flexibility index (Phi) is 4.47. The number of Topliss-reactive ketones (excluding diaryl/α,β-unsaturated/α-hetero) is 1. The summed E-state index contributed by atoms with van der Waals surface area (Å²) in [4.78, 5) is 40.2. The first-order valence-corrected chi connectivity index (χ1v) is 7.33. The first-order valence-electron chi connectivity index (χ1n) is 7.33. The van der Waals surface area contributed by atoms with Crippen molar-refractivity contribution in [2.45, 2.75) is 6.54 Å². The van der Waals surface area contributed by atoms with Crippen LogP contribution in [0.25, 0.3) is 10.9 Å². The van der Waals surface area contributed by atoms with E-state index < -0.39 is 5.97 Å². The van der Waals surface area contributed by atoms with Gasteiger partial charge in [0.1, 0.15) is 6.54 Å². The lowest BCUT2D eigenvalue weighted by Gasteiger charge is -2.07. The minimum absolute atomic E-state index is 0.293. The molecule has 0 aliphatic carbocycles. The van der Waals surface area contributed by atoms with Crippen LogP contribution in [0.15, 0.2) is 65.7 Å². The summed E-state index contributed by atoms with van der Waals surface area (Å²) in [6.45, 7) is -0.655. The van der Waals surface area contributed by atoms with Crippen molar-refractivity contribution in [2.75, 3.05) is 6.61 Å². The van der Waals surface area contributed by atoms with Gasteiger partial charge in [0.2, 0.25) is 0 Å². The standard InChI is InChI=1S/C18H14N2O4/c21-16(13-6-2-1-3-7-13)11-24-17(22)10-20-12-19-15-9-5-4-8-14(15)18(20)23/h1-9,12H,10-11H2. The summed E-state index contributed by atoms with van der Waals surface area (Å²) >= 11 is 0. The molecule has 0 spiro atoms. The molecular formula is C18H14N2O4. The maximum absolute atomic E-state index is 12.3. The summed E-state index contributed by atoms with van der Waals surface area (Å²) in [7, 11) is 0. The summed E-state index contributed by atoms with van der Waals surface area (Å²) in [5, 5.41) is 0.424. The average molecular weight is 322 g/mol. The second-order valence-electron chi connectivity index (χ2n) is 5.14. The van der Waals surface area contributed by atoms with Crippen molar-refractivity contribution in [2.24, 2.45) is 0 Å². The third-order valence-corrected chi connectivity index (χ3v) is 3.49. The van der Waals surface area contributed by atoms with Gasteiger partial charge in [-0.05, 0) is 12.1 Å². The van der Waals surface area contributed by atoms with Gasteiger partial charge in [-0.1, -0.05) is 42.5 Å². The van der Waals surface area contributed by atoms with E-state index in [1.807, 2.05) is 0 Å². The van der Waals surface area contributed by atoms with Gasteiger partial charge in [-0.25, -0.2) is 4.98 Å². The number of ketones is 1. The van der Waals surface area contributed by atoms with Gasteiger partial charge < -0.3 is 4.74 Å². The van der Waals surface area contributed by atoms with Gasteiger partial charge >= 0.3 is 5.97 Å². The Morgan fingerprint density at radius 1 is 1.00 bits per heavy atom. The highest BCUT2D eigenvalue weighted by atomic mass is 16.5. The molecule has 0 amide bonds. The second kappa shape index (κ2) is 6.87. The zero-order valence-electron chi connectivity index (χ0n) is 12.7. The summed E-state index contributed by atoms with van der Waals surface area (Å²) in [6.07, 6.45) is 1.30. The Morgan fingerprint density at radius 3 is 2.50 bits per heavy atom. The zero-order valence-corrected chi connectivity index (χ0v) is 12.7. The molecule has 0 unspecified atom stereocenters. The Morgan fingerprint density at radius 2 is 1.71 bits per heavy atom. The molecule has 0 saturated carbocycles. The molecule has 24 heavy (non-hydrogen) atoms. The van der Waals surface area contributed by atoms with Crippen LogP contribution in [0.3, 0.4) is 0 Å². The molecule has 0 radical (unpaired) electrons. The maximum Gasteiger partial charge on any atom is 0.326 e. The highest BCUT2D eigenvalue weighted by Crippen LogP contribution is 2.05. The number of carbonyl (C=O) groups is 2. The molecular weight excluding hydrogens is 308 g/mol. The number of aromatic nitrogens is 2. The van der Waals surface area contributed by atoms with Gasteiger partial charge in [0, 0.05) is 5.56 Å². The highest BCUT2D eigenvalue weighted by Gasteiger charge is 2.12. The largest absolute Gasteiger partial charge is 0.456 e. The lowest BCUT2D eigenvalue weighted by molar-refractivity contribution is -0.143. The maximum atomic E-state index is 12.3. The fourth-order valence-corrected chi connectivity index (χ4v) is 2.26. The van der Waals surface area contributed by atoms with Crippen LogP contribution < -0.4 is 5.56 Å². The van der Waals surface area contributed by atoms with E-state index in [1.165, 1.54) is 6.33 Å². The van der Waals surface area contributed by atoms with E-state index in [1.54, 1.807) is 54.6 Å². The van der Waals surface area contributed by atoms with Crippen molar-refractivity contribution in [3.05, 3.63) is 76.8 Å². The number of hydrogen-bond acceptors (Lipinski definition) is 5. The molecule has 1 aromatic heterocycles. The van der Waals surface area contributed by atoms with Gasteiger partial charge in [-0.2, -0.15) is 0 Å². The number of hydrogen-bond donors (Lipinski definition) is 0. The summed E-state index contributed by atoms with van der Waals surface area (Å²) in [5.74, 6) is -0.966. The van der Waals surface area contributed by atoms with Gasteiger partial charge in [0.25, 0.3) is 5.56 Å². The zero-order chi connectivity index (χ0) is 16.9. The Labute approximate surface area is 137 Å². The minimum Gasteiger partial charge on any atom is -0.456 e. The molecule has 0 atom stereocenters. The van der Waals surface area contributed by atoms with Crippen molar-refractivity contribution >= 4 is 22.7 Å². The predicted molar refractivity (Wildman–Crippen MR) is 87.7 cm³/mol. The third kappa shape index (κ3) is 3.38. The number of ether oxygens (including phenoxy) is 1. The smallest absolute Gasteiger partial charge is 0.326 e. The van der Waals surface area contributed by atoms with Crippen molar-refractivity contribution in [3.63, 3.8) is 0 Å². The van der Waals surface area contributed by atoms with Gasteiger partial charge in [0.15, 0.2) is 12.4 Å². The summed E-state index contributed by atoms with van der Waals surface area (Å²) < 4.78 is 6.12. The fraction of sp³-hybridized carbons (Fsp3) is 0.111. The number of para-hydroxylation sites is 1. The molecule has 0 saturated heterocycles. The molecule has 1 heterocycles. The molecule has 0 N–H and O–H groups in total. The van der Waals surface area contributed by atoms with E-state index in [2.05, 4.69) is 4.98 Å². The van der Waals surface area contributed by atoms with Crippen LogP contribution in [0.1, 0.15) is 10.4 Å². The molecule has 3 rings (SSSR count). The first-order chi connectivity index (χ1) is 11.6. The van der Waals surface area contributed by atoms with Crippen LogP contribution in [0.4, 0.5) is 0 Å². The van der Waals surface area contributed by atoms with Crippen LogP contribution >= 0.6 is 0 Å². The summed E-state index contributed by atoms with van der Waals surface area (Å²) in [6, 6.07) is 15.4. The van der Waals surface area contributed by atoms with E-state index in [-0.39, 0.29) is 24.5 Å². The number of esters is 1. The molecule has 0 aliphatic rings. The number of nitrogens with zero attached hydrogens (tertiary/aromatic N) is 2. The predicted octanol–water partition coefficient (Wildman–Crippen LogP) is 1.82. The molecule has 2 aromatic carbocycles. The number of benzene rings is 2. The van der Waals surface area contributed by atoms with Gasteiger partial charge in [-0.15, -0.1) is 0 Å². The minimum atomic E-state index is -0.668. The van der Waals surface area contributed by atoms with E-state index in [9.17, 15) is 14.4 Å². The Bertz CT molecular complexity index is 948. The normalized spacial score (nSPS) is 10.5. The second-order valence-corrected chi connectivity index (χ2v) is 5.14. The number of carbonyl (C=O) groups excluding carboxylic acids is 2. The van der Waals surface area contributed by atoms with Crippen LogP contribution in [0, 0.1) is 0 Å². The van der Waals surface area contributed by atoms with Crippen LogP contribution in [-0.2, 0) is 16.1 Å². The van der Waals surface area contributed by atoms with Crippen molar-refractivity contribution in [3.8, 4) is 0 Å². The van der Waals surface area contributed by atoms with E-state index in [0.29, 0.717) is 16.5 Å². The molecule has 0 fully saturated rings. The summed E-state index contributed by atoms with van der Waals surface area (Å²) in [5.41, 5.74) is 0.702.